The standard InChI is InChI=1S/C15H23NO2/c1-3-12-4-6-16(7-5-12)11(2)13-8-14(17)10-15(18)9-13/h8-12,17-18H,3-7H2,1-2H3. The highest BCUT2D eigenvalue weighted by atomic mass is 16.3. The van der Waals surface area contributed by atoms with Crippen LogP contribution in [0.25, 0.3) is 0 Å². The van der Waals surface area contributed by atoms with Gasteiger partial charge in [0.2, 0.25) is 0 Å². The number of likely N-dealkylation sites (tertiary alicyclic amines) is 1. The first kappa shape index (κ1) is 13.2. The lowest BCUT2D eigenvalue weighted by molar-refractivity contribution is 0.139. The Balaban J connectivity index is 2.05. The quantitative estimate of drug-likeness (QED) is 0.864. The number of aromatic hydroxyl groups is 2. The third-order valence-corrected chi connectivity index (χ3v) is 4.18. The molecule has 0 aliphatic carbocycles. The first-order chi connectivity index (χ1) is 8.60. The zero-order valence-electron chi connectivity index (χ0n) is 11.3. The lowest BCUT2D eigenvalue weighted by atomic mass is 9.92. The second kappa shape index (κ2) is 5.61. The molecule has 100 valence electrons. The van der Waals surface area contributed by atoms with Gasteiger partial charge in [0.25, 0.3) is 0 Å². The molecule has 3 nitrogen and oxygen atoms in total. The van der Waals surface area contributed by atoms with E-state index in [1.54, 1.807) is 12.1 Å². The maximum atomic E-state index is 9.54. The van der Waals surface area contributed by atoms with E-state index in [9.17, 15) is 10.2 Å². The van der Waals surface area contributed by atoms with Crippen molar-refractivity contribution in [1.82, 2.24) is 4.90 Å². The van der Waals surface area contributed by atoms with Crippen molar-refractivity contribution in [2.75, 3.05) is 13.1 Å². The van der Waals surface area contributed by atoms with Crippen molar-refractivity contribution in [3.63, 3.8) is 0 Å². The Morgan fingerprint density at radius 2 is 1.72 bits per heavy atom. The van der Waals surface area contributed by atoms with Crippen LogP contribution in [0.5, 0.6) is 11.5 Å². The molecule has 0 bridgehead atoms. The summed E-state index contributed by atoms with van der Waals surface area (Å²) < 4.78 is 0. The van der Waals surface area contributed by atoms with Crippen molar-refractivity contribution in [3.05, 3.63) is 23.8 Å². The highest BCUT2D eigenvalue weighted by Gasteiger charge is 2.23. The lowest BCUT2D eigenvalue weighted by Gasteiger charge is -2.36. The molecule has 1 aliphatic rings. The average Bonchev–Trinajstić information content (AvgIpc) is 2.37. The maximum Gasteiger partial charge on any atom is 0.119 e. The Labute approximate surface area is 109 Å². The van der Waals surface area contributed by atoms with Gasteiger partial charge in [-0.05, 0) is 56.5 Å². The maximum absolute atomic E-state index is 9.54. The minimum absolute atomic E-state index is 0.139. The van der Waals surface area contributed by atoms with Gasteiger partial charge in [0, 0.05) is 12.1 Å². The fourth-order valence-electron chi connectivity index (χ4n) is 2.82. The Morgan fingerprint density at radius 1 is 1.17 bits per heavy atom. The fraction of sp³-hybridized carbons (Fsp3) is 0.600. The lowest BCUT2D eigenvalue weighted by Crippen LogP contribution is -2.35. The first-order valence-corrected chi connectivity index (χ1v) is 6.87. The summed E-state index contributed by atoms with van der Waals surface area (Å²) in [5, 5.41) is 19.1. The van der Waals surface area contributed by atoms with Crippen LogP contribution >= 0.6 is 0 Å². The smallest absolute Gasteiger partial charge is 0.119 e. The average molecular weight is 249 g/mol. The summed E-state index contributed by atoms with van der Waals surface area (Å²) in [6.45, 7) is 6.61. The molecule has 0 spiro atoms. The molecule has 1 fully saturated rings. The van der Waals surface area contributed by atoms with E-state index in [1.807, 2.05) is 0 Å². The van der Waals surface area contributed by atoms with Crippen molar-refractivity contribution in [2.24, 2.45) is 5.92 Å². The van der Waals surface area contributed by atoms with Crippen LogP contribution in [0.2, 0.25) is 0 Å². The molecule has 0 saturated carbocycles. The van der Waals surface area contributed by atoms with Gasteiger partial charge >= 0.3 is 0 Å². The molecular formula is C15H23NO2. The Morgan fingerprint density at radius 3 is 2.22 bits per heavy atom. The van der Waals surface area contributed by atoms with Gasteiger partial charge in [-0.15, -0.1) is 0 Å². The molecule has 0 aromatic heterocycles. The Hall–Kier alpha value is -1.22. The number of hydrogen-bond donors (Lipinski definition) is 2. The van der Waals surface area contributed by atoms with Gasteiger partial charge in [0.1, 0.15) is 11.5 Å². The molecule has 18 heavy (non-hydrogen) atoms. The molecule has 1 aromatic carbocycles. The zero-order chi connectivity index (χ0) is 13.1. The van der Waals surface area contributed by atoms with Gasteiger partial charge in [-0.25, -0.2) is 0 Å². The van der Waals surface area contributed by atoms with E-state index in [-0.39, 0.29) is 17.5 Å². The summed E-state index contributed by atoms with van der Waals surface area (Å²) in [4.78, 5) is 2.43. The molecule has 3 heteroatoms. The number of benzene rings is 1. The molecule has 1 heterocycles. The third-order valence-electron chi connectivity index (χ3n) is 4.18. The second-order valence-electron chi connectivity index (χ2n) is 5.35. The molecule has 2 N–H and O–H groups in total. The number of nitrogens with zero attached hydrogens (tertiary/aromatic N) is 1. The molecule has 1 atom stereocenters. The van der Waals surface area contributed by atoms with E-state index < -0.39 is 0 Å². The van der Waals surface area contributed by atoms with Crippen LogP contribution in [0, 0.1) is 5.92 Å². The van der Waals surface area contributed by atoms with Crippen molar-refractivity contribution in [3.8, 4) is 11.5 Å². The topological polar surface area (TPSA) is 43.7 Å². The Bertz CT molecular complexity index is 377. The second-order valence-corrected chi connectivity index (χ2v) is 5.35. The normalized spacial score (nSPS) is 19.9. The summed E-state index contributed by atoms with van der Waals surface area (Å²) >= 11 is 0. The van der Waals surface area contributed by atoms with Gasteiger partial charge in [0.15, 0.2) is 0 Å². The Kier molecular flexibility index (Phi) is 4.12. The summed E-state index contributed by atoms with van der Waals surface area (Å²) in [5.74, 6) is 1.15. The van der Waals surface area contributed by atoms with Gasteiger partial charge in [-0.3, -0.25) is 4.90 Å². The number of phenolic OH excluding ortho intramolecular Hbond substituents is 2. The predicted molar refractivity (Wildman–Crippen MR) is 72.8 cm³/mol. The van der Waals surface area contributed by atoms with Crippen molar-refractivity contribution < 1.29 is 10.2 Å². The molecule has 1 unspecified atom stereocenters. The van der Waals surface area contributed by atoms with E-state index in [2.05, 4.69) is 18.7 Å². The largest absolute Gasteiger partial charge is 0.508 e. The molecule has 1 aliphatic heterocycles. The highest BCUT2D eigenvalue weighted by molar-refractivity contribution is 5.38. The van der Waals surface area contributed by atoms with Gasteiger partial charge in [-0.1, -0.05) is 13.3 Å². The molecule has 1 aromatic rings. The van der Waals surface area contributed by atoms with E-state index in [0.29, 0.717) is 0 Å². The minimum atomic E-state index is 0.139. The number of rotatable bonds is 3. The summed E-state index contributed by atoms with van der Waals surface area (Å²) in [6.07, 6.45) is 3.78. The summed E-state index contributed by atoms with van der Waals surface area (Å²) in [5.41, 5.74) is 0.988. The molecule has 2 rings (SSSR count). The zero-order valence-corrected chi connectivity index (χ0v) is 11.3. The highest BCUT2D eigenvalue weighted by Crippen LogP contribution is 2.31. The van der Waals surface area contributed by atoms with Crippen LogP contribution in [0.4, 0.5) is 0 Å². The van der Waals surface area contributed by atoms with Gasteiger partial charge in [-0.2, -0.15) is 0 Å². The monoisotopic (exact) mass is 249 g/mol. The van der Waals surface area contributed by atoms with Crippen LogP contribution in [0.3, 0.4) is 0 Å². The molecule has 1 saturated heterocycles. The van der Waals surface area contributed by atoms with Crippen molar-refractivity contribution in [2.45, 2.75) is 39.2 Å². The van der Waals surface area contributed by atoms with E-state index >= 15 is 0 Å². The van der Waals surface area contributed by atoms with Crippen LogP contribution < -0.4 is 0 Å². The minimum Gasteiger partial charge on any atom is -0.508 e. The van der Waals surface area contributed by atoms with Crippen LogP contribution in [0.15, 0.2) is 18.2 Å². The molecule has 0 radical (unpaired) electrons. The fourth-order valence-corrected chi connectivity index (χ4v) is 2.82. The third kappa shape index (κ3) is 2.96. The number of piperidine rings is 1. The summed E-state index contributed by atoms with van der Waals surface area (Å²) in [6, 6.07) is 5.12. The number of phenols is 2. The van der Waals surface area contributed by atoms with Crippen molar-refractivity contribution >= 4 is 0 Å². The van der Waals surface area contributed by atoms with E-state index in [1.165, 1.54) is 25.3 Å². The van der Waals surface area contributed by atoms with Crippen LogP contribution in [-0.2, 0) is 0 Å². The van der Waals surface area contributed by atoms with Crippen molar-refractivity contribution in [1.29, 1.82) is 0 Å². The number of hydrogen-bond acceptors (Lipinski definition) is 3. The van der Waals surface area contributed by atoms with Gasteiger partial charge < -0.3 is 10.2 Å². The van der Waals surface area contributed by atoms with Crippen LogP contribution in [0.1, 0.15) is 44.7 Å². The summed E-state index contributed by atoms with van der Waals surface area (Å²) in [7, 11) is 0. The van der Waals surface area contributed by atoms with Crippen LogP contribution in [-0.4, -0.2) is 28.2 Å². The predicted octanol–water partition coefficient (Wildman–Crippen LogP) is 3.28. The van der Waals surface area contributed by atoms with Gasteiger partial charge in [0.05, 0.1) is 0 Å². The SMILES string of the molecule is CCC1CCN(C(C)c2cc(O)cc(O)c2)CC1. The van der Waals surface area contributed by atoms with E-state index in [4.69, 9.17) is 0 Å². The molecular weight excluding hydrogens is 226 g/mol. The van der Waals surface area contributed by atoms with E-state index in [0.717, 1.165) is 24.6 Å². The molecule has 0 amide bonds. The first-order valence-electron chi connectivity index (χ1n) is 6.87.